The molecule has 0 radical (unpaired) electrons. The predicted octanol–water partition coefficient (Wildman–Crippen LogP) is 0.997. The minimum atomic E-state index is -0.385. The lowest BCUT2D eigenvalue weighted by Gasteiger charge is -2.36. The topological polar surface area (TPSA) is 55.6 Å². The first-order chi connectivity index (χ1) is 7.35. The zero-order valence-electron chi connectivity index (χ0n) is 10.8. The van der Waals surface area contributed by atoms with Crippen LogP contribution in [0.25, 0.3) is 0 Å². The molecule has 0 aromatic heterocycles. The maximum absolute atomic E-state index is 12.0. The molecule has 1 rings (SSSR count). The Kier molecular flexibility index (Phi) is 4.33. The fourth-order valence-electron chi connectivity index (χ4n) is 1.87. The van der Waals surface area contributed by atoms with Crippen molar-refractivity contribution in [3.63, 3.8) is 0 Å². The highest BCUT2D eigenvalue weighted by Crippen LogP contribution is 2.19. The van der Waals surface area contributed by atoms with Crippen molar-refractivity contribution in [1.82, 2.24) is 4.90 Å². The van der Waals surface area contributed by atoms with Crippen molar-refractivity contribution in [2.24, 2.45) is 11.7 Å². The summed E-state index contributed by atoms with van der Waals surface area (Å²) >= 11 is 0. The van der Waals surface area contributed by atoms with Crippen molar-refractivity contribution in [2.75, 3.05) is 20.2 Å². The van der Waals surface area contributed by atoms with Gasteiger partial charge in [-0.05, 0) is 26.2 Å². The van der Waals surface area contributed by atoms with Gasteiger partial charge in [0.25, 0.3) is 0 Å². The van der Waals surface area contributed by atoms with Crippen LogP contribution >= 0.6 is 0 Å². The minimum Gasteiger partial charge on any atom is -0.378 e. The van der Waals surface area contributed by atoms with Gasteiger partial charge in [0.1, 0.15) is 0 Å². The summed E-state index contributed by atoms with van der Waals surface area (Å²) in [6.45, 7) is 7.51. The normalized spacial score (nSPS) is 26.9. The first-order valence-electron chi connectivity index (χ1n) is 5.94. The van der Waals surface area contributed by atoms with Crippen LogP contribution in [0.5, 0.6) is 0 Å². The third-order valence-corrected chi connectivity index (χ3v) is 3.50. The van der Waals surface area contributed by atoms with Gasteiger partial charge in [0.15, 0.2) is 0 Å². The van der Waals surface area contributed by atoms with Crippen molar-refractivity contribution in [1.29, 1.82) is 0 Å². The number of ether oxygens (including phenoxy) is 1. The van der Waals surface area contributed by atoms with Gasteiger partial charge in [-0.3, -0.25) is 4.79 Å². The van der Waals surface area contributed by atoms with E-state index in [4.69, 9.17) is 10.5 Å². The van der Waals surface area contributed by atoms with E-state index in [0.29, 0.717) is 18.9 Å². The van der Waals surface area contributed by atoms with E-state index in [2.05, 4.69) is 6.92 Å². The summed E-state index contributed by atoms with van der Waals surface area (Å²) in [7, 11) is 1.64. The summed E-state index contributed by atoms with van der Waals surface area (Å²) < 4.78 is 5.27. The Morgan fingerprint density at radius 2 is 2.19 bits per heavy atom. The number of carbonyl (C=O) groups excluding carboxylic acids is 1. The Morgan fingerprint density at radius 1 is 1.56 bits per heavy atom. The highest BCUT2D eigenvalue weighted by atomic mass is 16.5. The van der Waals surface area contributed by atoms with Gasteiger partial charge in [0.2, 0.25) is 5.91 Å². The molecule has 1 saturated heterocycles. The number of nitrogens with zero attached hydrogens (tertiary/aromatic N) is 1. The van der Waals surface area contributed by atoms with Crippen LogP contribution in [0.2, 0.25) is 0 Å². The van der Waals surface area contributed by atoms with Crippen LogP contribution in [0.3, 0.4) is 0 Å². The van der Waals surface area contributed by atoms with Crippen molar-refractivity contribution in [3.8, 4) is 0 Å². The lowest BCUT2D eigenvalue weighted by Crippen LogP contribution is -2.50. The average molecular weight is 228 g/mol. The molecule has 0 bridgehead atoms. The van der Waals surface area contributed by atoms with E-state index in [1.165, 1.54) is 0 Å². The van der Waals surface area contributed by atoms with Crippen LogP contribution in [0, 0.1) is 5.92 Å². The maximum Gasteiger partial charge on any atom is 0.225 e. The van der Waals surface area contributed by atoms with E-state index in [1.54, 1.807) is 7.11 Å². The molecular weight excluding hydrogens is 204 g/mol. The van der Waals surface area contributed by atoms with Crippen LogP contribution in [-0.4, -0.2) is 42.6 Å². The summed E-state index contributed by atoms with van der Waals surface area (Å²) in [5, 5.41) is 0. The first kappa shape index (κ1) is 13.5. The summed E-state index contributed by atoms with van der Waals surface area (Å²) in [6, 6.07) is 0.114. The van der Waals surface area contributed by atoms with Crippen molar-refractivity contribution >= 4 is 5.91 Å². The number of nitrogens with two attached hydrogens (primary N) is 1. The van der Waals surface area contributed by atoms with Crippen LogP contribution in [0.1, 0.15) is 33.6 Å². The quantitative estimate of drug-likeness (QED) is 0.784. The van der Waals surface area contributed by atoms with Crippen LogP contribution < -0.4 is 5.73 Å². The van der Waals surface area contributed by atoms with Gasteiger partial charge in [-0.1, -0.05) is 6.92 Å². The van der Waals surface area contributed by atoms with Gasteiger partial charge < -0.3 is 15.4 Å². The number of likely N-dealkylation sites (tertiary alicyclic amines) is 1. The summed E-state index contributed by atoms with van der Waals surface area (Å²) in [4.78, 5) is 13.9. The third kappa shape index (κ3) is 3.46. The Morgan fingerprint density at radius 3 is 2.69 bits per heavy atom. The average Bonchev–Trinajstić information content (AvgIpc) is 2.21. The van der Waals surface area contributed by atoms with E-state index >= 15 is 0 Å². The molecular formula is C12H24N2O2. The van der Waals surface area contributed by atoms with Crippen LogP contribution in [-0.2, 0) is 9.53 Å². The van der Waals surface area contributed by atoms with Crippen molar-refractivity contribution < 1.29 is 9.53 Å². The molecule has 2 unspecified atom stereocenters. The Bertz CT molecular complexity index is 253. The highest BCUT2D eigenvalue weighted by Gasteiger charge is 2.29. The number of rotatable bonds is 3. The zero-order chi connectivity index (χ0) is 12.3. The molecule has 94 valence electrons. The molecule has 1 fully saturated rings. The predicted molar refractivity (Wildman–Crippen MR) is 64.0 cm³/mol. The van der Waals surface area contributed by atoms with Crippen molar-refractivity contribution in [2.45, 2.75) is 45.3 Å². The molecule has 0 aliphatic carbocycles. The second-order valence-corrected chi connectivity index (χ2v) is 5.41. The van der Waals surface area contributed by atoms with Gasteiger partial charge in [-0.15, -0.1) is 0 Å². The molecule has 0 spiro atoms. The second-order valence-electron chi connectivity index (χ2n) is 5.41. The Labute approximate surface area is 98.1 Å². The Balaban J connectivity index is 2.49. The molecule has 2 atom stereocenters. The van der Waals surface area contributed by atoms with Gasteiger partial charge in [-0.2, -0.15) is 0 Å². The summed E-state index contributed by atoms with van der Waals surface area (Å²) in [6.07, 6.45) is 1.42. The van der Waals surface area contributed by atoms with Gasteiger partial charge in [-0.25, -0.2) is 0 Å². The molecule has 1 heterocycles. The fourth-order valence-corrected chi connectivity index (χ4v) is 1.87. The number of hydrogen-bond donors (Lipinski definition) is 1. The van der Waals surface area contributed by atoms with E-state index in [9.17, 15) is 4.79 Å². The molecule has 4 heteroatoms. The smallest absolute Gasteiger partial charge is 0.225 e. The fraction of sp³-hybridized carbons (Fsp3) is 0.917. The summed E-state index contributed by atoms with van der Waals surface area (Å²) in [5.41, 5.74) is 5.59. The lowest BCUT2D eigenvalue weighted by atomic mass is 9.93. The number of hydrogen-bond acceptors (Lipinski definition) is 3. The SMILES string of the molecule is COC(C)(C)CC(=O)N1CCC(C)C(N)C1. The molecule has 2 N–H and O–H groups in total. The van der Waals surface area contributed by atoms with Crippen LogP contribution in [0.15, 0.2) is 0 Å². The Hall–Kier alpha value is -0.610. The summed E-state index contributed by atoms with van der Waals surface area (Å²) in [5.74, 6) is 0.661. The monoisotopic (exact) mass is 228 g/mol. The van der Waals surface area contributed by atoms with E-state index in [0.717, 1.165) is 13.0 Å². The lowest BCUT2D eigenvalue weighted by molar-refractivity contribution is -0.138. The highest BCUT2D eigenvalue weighted by molar-refractivity contribution is 5.77. The number of carbonyl (C=O) groups is 1. The van der Waals surface area contributed by atoms with Gasteiger partial charge in [0, 0.05) is 26.2 Å². The molecule has 0 aromatic carbocycles. The maximum atomic E-state index is 12.0. The number of methoxy groups -OCH3 is 1. The minimum absolute atomic E-state index is 0.114. The van der Waals surface area contributed by atoms with Crippen LogP contribution in [0.4, 0.5) is 0 Å². The zero-order valence-corrected chi connectivity index (χ0v) is 10.8. The van der Waals surface area contributed by atoms with Gasteiger partial charge >= 0.3 is 0 Å². The van der Waals surface area contributed by atoms with E-state index in [1.807, 2.05) is 18.7 Å². The number of piperidine rings is 1. The third-order valence-electron chi connectivity index (χ3n) is 3.50. The standard InChI is InChI=1S/C12H24N2O2/c1-9-5-6-14(8-10(9)13)11(15)7-12(2,3)16-4/h9-10H,5-8,13H2,1-4H3. The number of amides is 1. The second kappa shape index (κ2) is 5.15. The molecule has 16 heavy (non-hydrogen) atoms. The molecule has 1 amide bonds. The molecule has 0 aromatic rings. The largest absolute Gasteiger partial charge is 0.378 e. The molecule has 1 aliphatic heterocycles. The van der Waals surface area contributed by atoms with E-state index in [-0.39, 0.29) is 17.6 Å². The van der Waals surface area contributed by atoms with Gasteiger partial charge in [0.05, 0.1) is 12.0 Å². The van der Waals surface area contributed by atoms with E-state index < -0.39 is 0 Å². The first-order valence-corrected chi connectivity index (χ1v) is 5.94. The molecule has 1 aliphatic rings. The molecule has 0 saturated carbocycles. The van der Waals surface area contributed by atoms with Crippen molar-refractivity contribution in [3.05, 3.63) is 0 Å². The molecule has 4 nitrogen and oxygen atoms in total.